The summed E-state index contributed by atoms with van der Waals surface area (Å²) in [5, 5.41) is 15.1. The van der Waals surface area contributed by atoms with Gasteiger partial charge in [0.2, 0.25) is 5.91 Å². The van der Waals surface area contributed by atoms with Gasteiger partial charge in [-0.3, -0.25) is 4.79 Å². The first kappa shape index (κ1) is 11.5. The molecule has 0 spiro atoms. The highest BCUT2D eigenvalue weighted by Gasteiger charge is 2.35. The summed E-state index contributed by atoms with van der Waals surface area (Å²) in [6, 6.07) is 0. The zero-order chi connectivity index (χ0) is 10.4. The average molecular weight is 200 g/mol. The predicted molar refractivity (Wildman–Crippen MR) is 55.0 cm³/mol. The van der Waals surface area contributed by atoms with E-state index < -0.39 is 0 Å². The van der Waals surface area contributed by atoms with Gasteiger partial charge in [0.1, 0.15) is 0 Å². The quantitative estimate of drug-likeness (QED) is 0.566. The Morgan fingerprint density at radius 1 is 1.50 bits per heavy atom. The second kappa shape index (κ2) is 5.32. The number of carbonyl (C=O) groups excluding carboxylic acids is 1. The fraction of sp³-hybridized carbons (Fsp3) is 0.900. The molecule has 0 aromatic heterocycles. The normalized spacial score (nSPS) is 18.7. The molecule has 0 atom stereocenters. The van der Waals surface area contributed by atoms with Crippen LogP contribution in [-0.2, 0) is 4.79 Å². The second-order valence-electron chi connectivity index (χ2n) is 4.00. The Balaban J connectivity index is 2.15. The zero-order valence-corrected chi connectivity index (χ0v) is 8.81. The predicted octanol–water partition coefficient (Wildman–Crippen LogP) is 0.0172. The highest BCUT2D eigenvalue weighted by Crippen LogP contribution is 2.30. The summed E-state index contributed by atoms with van der Waals surface area (Å²) in [6.07, 6.45) is 4.05. The molecule has 0 unspecified atom stereocenters. The van der Waals surface area contributed by atoms with Crippen molar-refractivity contribution in [2.45, 2.75) is 38.1 Å². The molecule has 4 heteroatoms. The lowest BCUT2D eigenvalue weighted by atomic mass is 9.77. The molecule has 1 aliphatic rings. The van der Waals surface area contributed by atoms with E-state index in [1.807, 2.05) is 6.92 Å². The van der Waals surface area contributed by atoms with E-state index in [4.69, 9.17) is 5.11 Å². The zero-order valence-electron chi connectivity index (χ0n) is 8.81. The molecule has 0 aliphatic heterocycles. The standard InChI is InChI=1S/C10H20N2O2/c1-2-6-11-9(14)7-12-10(8-13)4-3-5-10/h12-13H,2-8H2,1H3,(H,11,14). The minimum atomic E-state index is -0.163. The van der Waals surface area contributed by atoms with Gasteiger partial charge in [0, 0.05) is 12.1 Å². The van der Waals surface area contributed by atoms with Gasteiger partial charge in [0.15, 0.2) is 0 Å². The van der Waals surface area contributed by atoms with Gasteiger partial charge < -0.3 is 15.7 Å². The smallest absolute Gasteiger partial charge is 0.233 e. The van der Waals surface area contributed by atoms with E-state index >= 15 is 0 Å². The lowest BCUT2D eigenvalue weighted by Crippen LogP contribution is -2.56. The third-order valence-corrected chi connectivity index (χ3v) is 2.81. The van der Waals surface area contributed by atoms with Crippen LogP contribution in [-0.4, -0.2) is 36.2 Å². The molecule has 1 aliphatic carbocycles. The number of carbonyl (C=O) groups is 1. The summed E-state index contributed by atoms with van der Waals surface area (Å²) < 4.78 is 0. The van der Waals surface area contributed by atoms with Gasteiger partial charge in [0.05, 0.1) is 13.2 Å². The Morgan fingerprint density at radius 2 is 2.21 bits per heavy atom. The van der Waals surface area contributed by atoms with Gasteiger partial charge in [-0.2, -0.15) is 0 Å². The third kappa shape index (κ3) is 2.96. The van der Waals surface area contributed by atoms with E-state index in [1.165, 1.54) is 0 Å². The number of aliphatic hydroxyl groups excluding tert-OH is 1. The molecule has 82 valence electrons. The number of hydrogen-bond acceptors (Lipinski definition) is 3. The summed E-state index contributed by atoms with van der Waals surface area (Å²) in [5.74, 6) is 0.0200. The number of amides is 1. The van der Waals surface area contributed by atoms with E-state index in [9.17, 15) is 4.79 Å². The summed E-state index contributed by atoms with van der Waals surface area (Å²) in [5.41, 5.74) is -0.163. The van der Waals surface area contributed by atoms with Gasteiger partial charge in [0.25, 0.3) is 0 Å². The van der Waals surface area contributed by atoms with Crippen LogP contribution in [0.25, 0.3) is 0 Å². The fourth-order valence-electron chi connectivity index (χ4n) is 1.59. The molecule has 1 saturated carbocycles. The SMILES string of the molecule is CCCNC(=O)CNC1(CO)CCC1. The first-order valence-electron chi connectivity index (χ1n) is 5.35. The van der Waals surface area contributed by atoms with Crippen LogP contribution >= 0.6 is 0 Å². The van der Waals surface area contributed by atoms with Gasteiger partial charge in [-0.15, -0.1) is 0 Å². The molecule has 0 aromatic carbocycles. The molecule has 0 radical (unpaired) electrons. The molecule has 3 N–H and O–H groups in total. The summed E-state index contributed by atoms with van der Waals surface area (Å²) in [4.78, 5) is 11.2. The topological polar surface area (TPSA) is 61.4 Å². The third-order valence-electron chi connectivity index (χ3n) is 2.81. The van der Waals surface area contributed by atoms with Crippen LogP contribution in [0.3, 0.4) is 0 Å². The molecular weight excluding hydrogens is 180 g/mol. The van der Waals surface area contributed by atoms with Gasteiger partial charge in [-0.05, 0) is 25.7 Å². The van der Waals surface area contributed by atoms with Crippen LogP contribution in [0.1, 0.15) is 32.6 Å². The highest BCUT2D eigenvalue weighted by atomic mass is 16.3. The van der Waals surface area contributed by atoms with Crippen LogP contribution in [0.15, 0.2) is 0 Å². The maximum absolute atomic E-state index is 11.2. The minimum absolute atomic E-state index is 0.0200. The number of hydrogen-bond donors (Lipinski definition) is 3. The van der Waals surface area contributed by atoms with Gasteiger partial charge >= 0.3 is 0 Å². The van der Waals surface area contributed by atoms with E-state index in [2.05, 4.69) is 10.6 Å². The average Bonchev–Trinajstić information content (AvgIpc) is 2.14. The van der Waals surface area contributed by atoms with Crippen molar-refractivity contribution in [1.82, 2.24) is 10.6 Å². The van der Waals surface area contributed by atoms with Crippen molar-refractivity contribution in [1.29, 1.82) is 0 Å². The monoisotopic (exact) mass is 200 g/mol. The largest absolute Gasteiger partial charge is 0.394 e. The molecule has 4 nitrogen and oxygen atoms in total. The maximum atomic E-state index is 11.2. The minimum Gasteiger partial charge on any atom is -0.394 e. The maximum Gasteiger partial charge on any atom is 0.233 e. The second-order valence-corrected chi connectivity index (χ2v) is 4.00. The molecule has 1 fully saturated rings. The lowest BCUT2D eigenvalue weighted by molar-refractivity contribution is -0.121. The first-order valence-corrected chi connectivity index (χ1v) is 5.35. The molecule has 0 heterocycles. The van der Waals surface area contributed by atoms with Gasteiger partial charge in [-0.1, -0.05) is 6.92 Å². The highest BCUT2D eigenvalue weighted by molar-refractivity contribution is 5.78. The lowest BCUT2D eigenvalue weighted by Gasteiger charge is -2.41. The van der Waals surface area contributed by atoms with E-state index in [1.54, 1.807) is 0 Å². The van der Waals surface area contributed by atoms with E-state index in [0.717, 1.165) is 32.2 Å². The molecule has 1 rings (SSSR count). The van der Waals surface area contributed by atoms with Crippen molar-refractivity contribution < 1.29 is 9.90 Å². The van der Waals surface area contributed by atoms with Crippen molar-refractivity contribution in [3.8, 4) is 0 Å². The Morgan fingerprint density at radius 3 is 2.64 bits per heavy atom. The van der Waals surface area contributed by atoms with Crippen molar-refractivity contribution >= 4 is 5.91 Å². The molecule has 0 aromatic rings. The van der Waals surface area contributed by atoms with Crippen LogP contribution in [0.5, 0.6) is 0 Å². The molecule has 1 amide bonds. The first-order chi connectivity index (χ1) is 6.72. The molecule has 14 heavy (non-hydrogen) atoms. The van der Waals surface area contributed by atoms with Crippen molar-refractivity contribution in [2.75, 3.05) is 19.7 Å². The van der Waals surface area contributed by atoms with Crippen LogP contribution < -0.4 is 10.6 Å². The van der Waals surface area contributed by atoms with E-state index in [0.29, 0.717) is 6.54 Å². The molecular formula is C10H20N2O2. The summed E-state index contributed by atoms with van der Waals surface area (Å²) in [6.45, 7) is 3.20. The Hall–Kier alpha value is -0.610. The van der Waals surface area contributed by atoms with E-state index in [-0.39, 0.29) is 18.1 Å². The summed E-state index contributed by atoms with van der Waals surface area (Å²) in [7, 11) is 0. The van der Waals surface area contributed by atoms with Crippen LogP contribution in [0, 0.1) is 0 Å². The Labute approximate surface area is 85.1 Å². The Bertz CT molecular complexity index is 185. The number of rotatable bonds is 6. The Kier molecular flexibility index (Phi) is 4.35. The van der Waals surface area contributed by atoms with Crippen molar-refractivity contribution in [3.63, 3.8) is 0 Å². The van der Waals surface area contributed by atoms with Crippen LogP contribution in [0.4, 0.5) is 0 Å². The van der Waals surface area contributed by atoms with Crippen LogP contribution in [0.2, 0.25) is 0 Å². The van der Waals surface area contributed by atoms with Crippen molar-refractivity contribution in [2.24, 2.45) is 0 Å². The fourth-order valence-corrected chi connectivity index (χ4v) is 1.59. The number of nitrogens with one attached hydrogen (secondary N) is 2. The number of aliphatic hydroxyl groups is 1. The molecule has 0 saturated heterocycles. The molecule has 0 bridgehead atoms. The van der Waals surface area contributed by atoms with Gasteiger partial charge in [-0.25, -0.2) is 0 Å². The van der Waals surface area contributed by atoms with Crippen molar-refractivity contribution in [3.05, 3.63) is 0 Å². The summed E-state index contributed by atoms with van der Waals surface area (Å²) >= 11 is 0.